The first-order valence-corrected chi connectivity index (χ1v) is 44.2. The molecule has 11 nitrogen and oxygen atoms in total. The third-order valence-corrected chi connectivity index (χ3v) is 21.6. The highest BCUT2D eigenvalue weighted by Gasteiger charge is 2.19. The minimum absolute atomic E-state index is 0. The maximum absolute atomic E-state index is 4.97. The Morgan fingerprint density at radius 2 is 0.699 bits per heavy atom. The summed E-state index contributed by atoms with van der Waals surface area (Å²) in [5.74, 6) is 10.9. The molecule has 4 aromatic heterocycles. The van der Waals surface area contributed by atoms with Crippen LogP contribution in [0.1, 0.15) is 305 Å². The minimum atomic E-state index is 0. The number of benzene rings is 1. The molecule has 0 fully saturated rings. The van der Waals surface area contributed by atoms with Crippen molar-refractivity contribution in [3.63, 3.8) is 0 Å². The molecule has 0 aliphatic carbocycles. The van der Waals surface area contributed by atoms with Crippen LogP contribution < -0.4 is 0 Å². The zero-order chi connectivity index (χ0) is 71.0. The van der Waals surface area contributed by atoms with Gasteiger partial charge in [0.15, 0.2) is 10.3 Å². The Labute approximate surface area is 616 Å². The molecule has 0 bridgehead atoms. The number of aromatic nitrogens is 11. The second-order valence-electron chi connectivity index (χ2n) is 26.7. The summed E-state index contributed by atoms with van der Waals surface area (Å²) in [6.45, 7) is 72.3. The normalized spacial score (nSPS) is 11.5. The van der Waals surface area contributed by atoms with E-state index in [1.54, 1.807) is 23.5 Å². The van der Waals surface area contributed by atoms with Crippen LogP contribution >= 0.6 is 118 Å². The Hall–Kier alpha value is -0.650. The van der Waals surface area contributed by atoms with Gasteiger partial charge in [0, 0.05) is 57.0 Å². The lowest BCUT2D eigenvalue weighted by molar-refractivity contribution is 0.462. The summed E-state index contributed by atoms with van der Waals surface area (Å²) < 4.78 is 2.08. The van der Waals surface area contributed by atoms with Crippen molar-refractivity contribution in [2.45, 2.75) is 357 Å². The number of hydrogen-bond acceptors (Lipinski definition) is 19. The van der Waals surface area contributed by atoms with Gasteiger partial charge >= 0.3 is 0 Å². The van der Waals surface area contributed by atoms with Gasteiger partial charge in [-0.1, -0.05) is 243 Å². The Kier molecular flexibility index (Phi) is 57.2. The van der Waals surface area contributed by atoms with E-state index < -0.39 is 0 Å². The average molecular weight is 1480 g/mol. The number of hydrogen-bond donors (Lipinski definition) is 0. The van der Waals surface area contributed by atoms with Crippen LogP contribution in [0.5, 0.6) is 0 Å². The van der Waals surface area contributed by atoms with Crippen LogP contribution in [0.15, 0.2) is 28.5 Å². The Morgan fingerprint density at radius 1 is 0.355 bits per heavy atom. The molecule has 5 aromatic rings. The molecule has 1 aromatic carbocycles. The van der Waals surface area contributed by atoms with Crippen molar-refractivity contribution < 1.29 is 0 Å². The lowest BCUT2D eigenvalue weighted by Gasteiger charge is -2.13. The predicted octanol–water partition coefficient (Wildman–Crippen LogP) is 24.9. The topological polar surface area (TPSA) is 126 Å². The van der Waals surface area contributed by atoms with Crippen molar-refractivity contribution in [3.05, 3.63) is 63.8 Å². The van der Waals surface area contributed by atoms with E-state index in [2.05, 4.69) is 287 Å². The summed E-state index contributed by atoms with van der Waals surface area (Å²) in [6.07, 6.45) is 0. The molecule has 0 aliphatic heterocycles. The molecule has 540 valence electrons. The molecular weight excluding hydrogens is 1340 g/mol. The van der Waals surface area contributed by atoms with Gasteiger partial charge in [-0.05, 0) is 111 Å². The third-order valence-electron chi connectivity index (χ3n) is 11.2. The van der Waals surface area contributed by atoms with Gasteiger partial charge in [0.25, 0.3) is 0 Å². The molecule has 0 amide bonds. The molecular formula is C72H137N11S10. The van der Waals surface area contributed by atoms with Gasteiger partial charge in [-0.25, -0.2) is 24.6 Å². The summed E-state index contributed by atoms with van der Waals surface area (Å²) in [6, 6.07) is 7.24. The fourth-order valence-corrected chi connectivity index (χ4v) is 14.1. The van der Waals surface area contributed by atoms with Gasteiger partial charge in [0.1, 0.15) is 5.82 Å². The molecule has 93 heavy (non-hydrogen) atoms. The quantitative estimate of drug-likeness (QED) is 0.0404. The predicted molar refractivity (Wildman–Crippen MR) is 443 cm³/mol. The Morgan fingerprint density at radius 3 is 1.00 bits per heavy atom. The van der Waals surface area contributed by atoms with Gasteiger partial charge < -0.3 is 0 Å². The van der Waals surface area contributed by atoms with Crippen LogP contribution in [0.3, 0.4) is 0 Å². The second-order valence-corrected chi connectivity index (χ2v) is 42.9. The lowest BCUT2D eigenvalue weighted by Crippen LogP contribution is -2.08. The van der Waals surface area contributed by atoms with Gasteiger partial charge in [-0.3, -0.25) is 0 Å². The molecule has 0 radical (unpaired) electrons. The lowest BCUT2D eigenvalue weighted by atomic mass is 10.0. The number of rotatable bonds is 30. The smallest absolute Gasteiger partial charge is 0.192 e. The average Bonchev–Trinajstić information content (AvgIpc) is 1.55. The highest BCUT2D eigenvalue weighted by atomic mass is 32.2. The van der Waals surface area contributed by atoms with Crippen molar-refractivity contribution in [1.82, 2.24) is 54.9 Å². The summed E-state index contributed by atoms with van der Waals surface area (Å²) >= 11 is 19.0. The van der Waals surface area contributed by atoms with Crippen LogP contribution in [0.25, 0.3) is 11.0 Å². The minimum Gasteiger partial charge on any atom is -0.248 e. The zero-order valence-corrected chi connectivity index (χ0v) is 72.2. The van der Waals surface area contributed by atoms with Crippen molar-refractivity contribution >= 4 is 129 Å². The molecule has 0 unspecified atom stereocenters. The zero-order valence-electron chi connectivity index (χ0n) is 64.1. The van der Waals surface area contributed by atoms with Gasteiger partial charge in [-0.15, -0.1) is 5.10 Å². The van der Waals surface area contributed by atoms with E-state index in [0.717, 1.165) is 107 Å². The van der Waals surface area contributed by atoms with E-state index in [0.29, 0.717) is 65.9 Å². The standard InChI is InChI=1S/C19H28N2S2.2C13H25N3S2.C12H21N3S2.2C5H12S.C4H10.CH4/c1-12(2)15-7-8-16-17(9-15)21-19(11-23-14(5)6)18(20-16)10-22-13(3)4;1-9(2)16-13(8-18-11(5)6)12(14-15-16)7-17-10(3)4;1-9(2)16-14-12(7-17-10(3)4)13(15-16)8-18-11(5)6;1-7(2)10-13-11(16-8(3)4)15-12(14-10)17-9(5)6;2*1-4-6-5(2)3;1-4(2)3;/h7-9,12-14H,10-11H2,1-6H3;2*9-11H,7-8H2,1-6H3;7-9H,1-6H3;2*5H,4H2,1-3H3;4H,1-3H3;1H4. The van der Waals surface area contributed by atoms with Crippen LogP contribution in [-0.4, -0.2) is 119 Å². The third kappa shape index (κ3) is 49.5. The summed E-state index contributed by atoms with van der Waals surface area (Å²) in [5.41, 5.74) is 10.5. The van der Waals surface area contributed by atoms with Crippen molar-refractivity contribution in [1.29, 1.82) is 0 Å². The van der Waals surface area contributed by atoms with E-state index in [1.807, 2.05) is 98.9 Å². The molecule has 0 atom stereocenters. The number of nitrogens with zero attached hydrogens (tertiary/aromatic N) is 11. The van der Waals surface area contributed by atoms with E-state index in [9.17, 15) is 0 Å². The Balaban J connectivity index is -0.00000108. The molecule has 0 aliphatic rings. The highest BCUT2D eigenvalue weighted by molar-refractivity contribution is 8.01. The van der Waals surface area contributed by atoms with E-state index in [4.69, 9.17) is 9.97 Å². The van der Waals surface area contributed by atoms with Crippen LogP contribution in [0.2, 0.25) is 0 Å². The maximum Gasteiger partial charge on any atom is 0.192 e. The maximum atomic E-state index is 4.97. The Bertz CT molecular complexity index is 2530. The second kappa shape index (κ2) is 55.1. The van der Waals surface area contributed by atoms with E-state index in [1.165, 1.54) is 22.8 Å². The molecule has 0 N–H and O–H groups in total. The van der Waals surface area contributed by atoms with E-state index >= 15 is 0 Å². The summed E-state index contributed by atoms with van der Waals surface area (Å²) in [7, 11) is 0. The molecule has 21 heteroatoms. The molecule has 4 heterocycles. The van der Waals surface area contributed by atoms with Gasteiger partial charge in [0.05, 0.1) is 51.2 Å². The largest absolute Gasteiger partial charge is 0.248 e. The number of fused-ring (bicyclic) bond motifs is 1. The molecule has 5 rings (SSSR count). The fraction of sp³-hybridized carbons (Fsp3) is 0.792. The first-order chi connectivity index (χ1) is 42.8. The SMILES string of the molecule is C.CC(C)C.CC(C)SCc1nc2ccc(C(C)C)cc2nc1CSC(C)C.CC(C)SCc1nn(C(C)C)nc1CSC(C)C.CC(C)SCc1nnn(C(C)C)c1CSC(C)C.CC(C)Sc1nc(SC(C)C)nc(C(C)C)n1.CCSC(C)C.CCSC(C)C. The molecule has 0 saturated carbocycles. The number of thioether (sulfide) groups is 10. The molecule has 0 saturated heterocycles. The monoisotopic (exact) mass is 1480 g/mol. The van der Waals surface area contributed by atoms with Gasteiger partial charge in [-0.2, -0.15) is 114 Å². The van der Waals surface area contributed by atoms with Crippen molar-refractivity contribution in [3.8, 4) is 0 Å². The van der Waals surface area contributed by atoms with Gasteiger partial charge in [0.2, 0.25) is 0 Å². The first kappa shape index (κ1) is 96.5. The molecule has 0 spiro atoms. The highest BCUT2D eigenvalue weighted by Crippen LogP contribution is 2.30. The van der Waals surface area contributed by atoms with Crippen LogP contribution in [0, 0.1) is 5.92 Å². The van der Waals surface area contributed by atoms with Crippen molar-refractivity contribution in [2.24, 2.45) is 5.92 Å². The first-order valence-electron chi connectivity index (χ1n) is 34.0. The fourth-order valence-electron chi connectivity index (χ4n) is 6.88. The summed E-state index contributed by atoms with van der Waals surface area (Å²) in [5, 5.41) is 26.0. The van der Waals surface area contributed by atoms with E-state index in [-0.39, 0.29) is 7.43 Å². The van der Waals surface area contributed by atoms with Crippen LogP contribution in [-0.2, 0) is 34.5 Å². The van der Waals surface area contributed by atoms with Crippen LogP contribution in [0.4, 0.5) is 0 Å². The summed E-state index contributed by atoms with van der Waals surface area (Å²) in [4.78, 5) is 25.3. The van der Waals surface area contributed by atoms with Crippen molar-refractivity contribution in [2.75, 3.05) is 11.5 Å².